The molecule has 0 fully saturated rings. The van der Waals surface area contributed by atoms with Crippen molar-refractivity contribution in [1.29, 1.82) is 0 Å². The van der Waals surface area contributed by atoms with Crippen LogP contribution < -0.4 is 10.9 Å². The summed E-state index contributed by atoms with van der Waals surface area (Å²) in [5.74, 6) is -0.778. The summed E-state index contributed by atoms with van der Waals surface area (Å²) in [5, 5.41) is 13.1. The Morgan fingerprint density at radius 3 is 2.33 bits per heavy atom. The van der Waals surface area contributed by atoms with Gasteiger partial charge in [-0.3, -0.25) is 9.59 Å². The van der Waals surface area contributed by atoms with Crippen molar-refractivity contribution in [2.24, 2.45) is 0 Å². The highest BCUT2D eigenvalue weighted by Crippen LogP contribution is 2.39. The molecule has 7 nitrogen and oxygen atoms in total. The van der Waals surface area contributed by atoms with Crippen LogP contribution in [0.5, 0.6) is 0 Å². The number of carbonyl (C=O) groups excluding carboxylic acids is 1. The maximum atomic E-state index is 12.8. The Kier molecular flexibility index (Phi) is 5.80. The Morgan fingerprint density at radius 1 is 1.00 bits per heavy atom. The Labute approximate surface area is 190 Å². The number of benzene rings is 2. The number of fused-ring (bicyclic) bond motifs is 2. The molecule has 4 aromatic rings. The topological polar surface area (TPSA) is 110 Å². The molecular weight excluding hydrogens is 422 g/mol. The van der Waals surface area contributed by atoms with E-state index in [9.17, 15) is 14.4 Å². The number of hydrogen-bond donors (Lipinski definition) is 2. The van der Waals surface area contributed by atoms with E-state index >= 15 is 0 Å². The van der Waals surface area contributed by atoms with Crippen molar-refractivity contribution in [2.75, 3.05) is 0 Å². The van der Waals surface area contributed by atoms with Gasteiger partial charge in [-0.05, 0) is 51.3 Å². The van der Waals surface area contributed by atoms with E-state index in [-0.39, 0.29) is 12.8 Å². The highest BCUT2D eigenvalue weighted by atomic mass is 16.4. The largest absolute Gasteiger partial charge is 0.480 e. The fraction of sp³-hybridized carbons (Fsp3) is 0.269. The number of carboxylic acids is 1. The summed E-state index contributed by atoms with van der Waals surface area (Å²) in [7, 11) is 0. The first-order chi connectivity index (χ1) is 15.7. The first-order valence-electron chi connectivity index (χ1n) is 10.8. The molecule has 0 aliphatic heterocycles. The number of amides is 1. The van der Waals surface area contributed by atoms with Gasteiger partial charge in [0.15, 0.2) is 0 Å². The number of furan rings is 1. The molecule has 2 N–H and O–H groups in total. The van der Waals surface area contributed by atoms with Crippen molar-refractivity contribution in [2.45, 2.75) is 46.6 Å². The number of aryl methyl sites for hydroxylation is 3. The van der Waals surface area contributed by atoms with Crippen molar-refractivity contribution in [3.63, 3.8) is 0 Å². The van der Waals surface area contributed by atoms with Crippen molar-refractivity contribution in [1.82, 2.24) is 5.32 Å². The molecule has 7 heteroatoms. The van der Waals surface area contributed by atoms with Crippen LogP contribution in [0.3, 0.4) is 0 Å². The van der Waals surface area contributed by atoms with Gasteiger partial charge in [0.25, 0.3) is 0 Å². The zero-order valence-corrected chi connectivity index (χ0v) is 18.9. The summed E-state index contributed by atoms with van der Waals surface area (Å²) in [6.07, 6.45) is 0.130. The minimum absolute atomic E-state index is 0.0178. The fourth-order valence-electron chi connectivity index (χ4n) is 4.24. The van der Waals surface area contributed by atoms with Gasteiger partial charge in [0.1, 0.15) is 23.0 Å². The van der Waals surface area contributed by atoms with Gasteiger partial charge < -0.3 is 19.3 Å². The van der Waals surface area contributed by atoms with Crippen LogP contribution in [-0.4, -0.2) is 23.0 Å². The lowest BCUT2D eigenvalue weighted by atomic mass is 9.96. The lowest BCUT2D eigenvalue weighted by Crippen LogP contribution is -2.38. The standard InChI is InChI=1S/C26H25NO6/c1-13-18(10-11-21(28)27-15(3)25(29)30)26(31)33-23-14(2)24-20(12-19(13)23)22(16(4)32-24)17-8-6-5-7-9-17/h5-9,12,15H,10-11H2,1-4H3,(H,27,28)(H,29,30)/t15-/m1/s1. The highest BCUT2D eigenvalue weighted by Gasteiger charge is 2.21. The van der Waals surface area contributed by atoms with E-state index in [2.05, 4.69) is 5.32 Å². The molecule has 0 aliphatic rings. The predicted octanol–water partition coefficient (Wildman–Crippen LogP) is 4.65. The maximum absolute atomic E-state index is 12.8. The normalized spacial score (nSPS) is 12.2. The first kappa shape index (κ1) is 22.3. The van der Waals surface area contributed by atoms with E-state index < -0.39 is 23.5 Å². The van der Waals surface area contributed by atoms with E-state index in [4.69, 9.17) is 13.9 Å². The molecule has 1 atom stereocenters. The Bertz CT molecular complexity index is 1450. The lowest BCUT2D eigenvalue weighted by Gasteiger charge is -2.11. The van der Waals surface area contributed by atoms with Crippen molar-refractivity contribution < 1.29 is 23.5 Å². The van der Waals surface area contributed by atoms with Gasteiger partial charge in [0, 0.05) is 33.9 Å². The monoisotopic (exact) mass is 447 g/mol. The molecule has 0 radical (unpaired) electrons. The third-order valence-electron chi connectivity index (χ3n) is 6.05. The predicted molar refractivity (Wildman–Crippen MR) is 125 cm³/mol. The first-order valence-corrected chi connectivity index (χ1v) is 10.8. The van der Waals surface area contributed by atoms with E-state index in [1.165, 1.54) is 6.92 Å². The number of rotatable bonds is 6. The second-order valence-corrected chi connectivity index (χ2v) is 8.27. The maximum Gasteiger partial charge on any atom is 0.339 e. The van der Waals surface area contributed by atoms with Crippen LogP contribution in [0.2, 0.25) is 0 Å². The molecule has 2 aromatic heterocycles. The molecule has 2 aromatic carbocycles. The second-order valence-electron chi connectivity index (χ2n) is 8.27. The van der Waals surface area contributed by atoms with Crippen LogP contribution in [0.15, 0.2) is 50.0 Å². The molecule has 1 amide bonds. The zero-order chi connectivity index (χ0) is 23.9. The Hall–Kier alpha value is -3.87. The van der Waals surface area contributed by atoms with Gasteiger partial charge in [-0.2, -0.15) is 0 Å². The van der Waals surface area contributed by atoms with E-state index in [0.717, 1.165) is 38.8 Å². The lowest BCUT2D eigenvalue weighted by molar-refractivity contribution is -0.141. The zero-order valence-electron chi connectivity index (χ0n) is 18.9. The van der Waals surface area contributed by atoms with Gasteiger partial charge in [0.2, 0.25) is 5.91 Å². The number of carbonyl (C=O) groups is 2. The molecule has 0 bridgehead atoms. The molecule has 0 unspecified atom stereocenters. The van der Waals surface area contributed by atoms with Crippen molar-refractivity contribution >= 4 is 33.8 Å². The van der Waals surface area contributed by atoms with Crippen LogP contribution in [-0.2, 0) is 16.0 Å². The molecule has 2 heterocycles. The average molecular weight is 447 g/mol. The van der Waals surface area contributed by atoms with Crippen LogP contribution in [0.1, 0.15) is 35.8 Å². The van der Waals surface area contributed by atoms with Crippen molar-refractivity contribution in [3.8, 4) is 11.1 Å². The molecule has 0 spiro atoms. The van der Waals surface area contributed by atoms with Crippen LogP contribution >= 0.6 is 0 Å². The van der Waals surface area contributed by atoms with Gasteiger partial charge >= 0.3 is 11.6 Å². The summed E-state index contributed by atoms with van der Waals surface area (Å²) in [6, 6.07) is 10.9. The minimum Gasteiger partial charge on any atom is -0.480 e. The third-order valence-corrected chi connectivity index (χ3v) is 6.05. The van der Waals surface area contributed by atoms with Crippen molar-refractivity contribution in [3.05, 3.63) is 69.3 Å². The summed E-state index contributed by atoms with van der Waals surface area (Å²) < 4.78 is 11.8. The summed E-state index contributed by atoms with van der Waals surface area (Å²) in [6.45, 7) is 7.01. The molecule has 0 saturated heterocycles. The van der Waals surface area contributed by atoms with E-state index in [1.54, 1.807) is 0 Å². The summed E-state index contributed by atoms with van der Waals surface area (Å²) in [4.78, 5) is 35.8. The number of nitrogens with one attached hydrogen (secondary N) is 1. The van der Waals surface area contributed by atoms with Gasteiger partial charge in [-0.15, -0.1) is 0 Å². The molecule has 33 heavy (non-hydrogen) atoms. The smallest absolute Gasteiger partial charge is 0.339 e. The number of carboxylic acid groups (broad SMARTS) is 1. The number of hydrogen-bond acceptors (Lipinski definition) is 5. The van der Waals surface area contributed by atoms with E-state index in [0.29, 0.717) is 16.7 Å². The molecule has 0 saturated carbocycles. The Balaban J connectivity index is 1.80. The number of aliphatic carboxylic acids is 1. The molecule has 4 rings (SSSR count). The van der Waals surface area contributed by atoms with E-state index in [1.807, 2.05) is 57.2 Å². The molecule has 170 valence electrons. The van der Waals surface area contributed by atoms with Gasteiger partial charge in [0.05, 0.1) is 0 Å². The summed E-state index contributed by atoms with van der Waals surface area (Å²) >= 11 is 0. The summed E-state index contributed by atoms with van der Waals surface area (Å²) in [5.41, 5.74) is 4.55. The minimum atomic E-state index is -1.12. The van der Waals surface area contributed by atoms with Gasteiger partial charge in [-0.25, -0.2) is 4.79 Å². The quantitative estimate of drug-likeness (QED) is 0.416. The SMILES string of the molecule is Cc1oc2c(C)c3oc(=O)c(CCC(=O)N[C@H](C)C(=O)O)c(C)c3cc2c1-c1ccccc1. The highest BCUT2D eigenvalue weighted by molar-refractivity contribution is 6.05. The third kappa shape index (κ3) is 4.02. The van der Waals surface area contributed by atoms with Crippen LogP contribution in [0.25, 0.3) is 33.1 Å². The van der Waals surface area contributed by atoms with Crippen LogP contribution in [0.4, 0.5) is 0 Å². The average Bonchev–Trinajstić information content (AvgIpc) is 3.11. The van der Waals surface area contributed by atoms with Gasteiger partial charge in [-0.1, -0.05) is 30.3 Å². The second kappa shape index (κ2) is 8.58. The van der Waals surface area contributed by atoms with Crippen LogP contribution in [0, 0.1) is 20.8 Å². The fourth-order valence-corrected chi connectivity index (χ4v) is 4.24. The molecular formula is C26H25NO6. The Morgan fingerprint density at radius 2 is 1.67 bits per heavy atom. The molecule has 0 aliphatic carbocycles.